The summed E-state index contributed by atoms with van der Waals surface area (Å²) in [5, 5.41) is 12.9. The predicted octanol–water partition coefficient (Wildman–Crippen LogP) is 2.24. The lowest BCUT2D eigenvalue weighted by Crippen LogP contribution is -2.46. The average Bonchev–Trinajstić information content (AvgIpc) is 2.51. The highest BCUT2D eigenvalue weighted by Crippen LogP contribution is 2.31. The third-order valence-electron chi connectivity index (χ3n) is 3.82. The SMILES string of the molecule is CCS(=O)(=O)N1CCC(NC(=O)c2cc(Cl)cc(Cl)c2O)CC1. The molecule has 1 fully saturated rings. The molecule has 128 valence electrons. The molecule has 1 aromatic rings. The fourth-order valence-corrected chi connectivity index (χ4v) is 4.09. The molecule has 1 aromatic carbocycles. The zero-order valence-electron chi connectivity index (χ0n) is 12.6. The van der Waals surface area contributed by atoms with Crippen LogP contribution in [-0.4, -0.2) is 48.6 Å². The molecule has 23 heavy (non-hydrogen) atoms. The second-order valence-electron chi connectivity index (χ2n) is 5.33. The number of nitrogens with one attached hydrogen (secondary N) is 1. The molecule has 0 bridgehead atoms. The third kappa shape index (κ3) is 4.29. The monoisotopic (exact) mass is 380 g/mol. The summed E-state index contributed by atoms with van der Waals surface area (Å²) in [6.07, 6.45) is 1.03. The number of hydrogen-bond acceptors (Lipinski definition) is 4. The average molecular weight is 381 g/mol. The lowest BCUT2D eigenvalue weighted by atomic mass is 10.1. The van der Waals surface area contributed by atoms with Gasteiger partial charge in [-0.1, -0.05) is 23.2 Å². The van der Waals surface area contributed by atoms with E-state index in [9.17, 15) is 18.3 Å². The molecular weight excluding hydrogens is 363 g/mol. The summed E-state index contributed by atoms with van der Waals surface area (Å²) >= 11 is 11.6. The van der Waals surface area contributed by atoms with Crippen LogP contribution in [0.15, 0.2) is 12.1 Å². The maximum absolute atomic E-state index is 12.3. The molecule has 1 heterocycles. The fraction of sp³-hybridized carbons (Fsp3) is 0.500. The summed E-state index contributed by atoms with van der Waals surface area (Å²) in [5.41, 5.74) is 0.00566. The Bertz CT molecular complexity index is 701. The predicted molar refractivity (Wildman–Crippen MR) is 89.6 cm³/mol. The molecule has 0 radical (unpaired) electrons. The molecule has 9 heteroatoms. The van der Waals surface area contributed by atoms with Crippen molar-refractivity contribution >= 4 is 39.1 Å². The zero-order chi connectivity index (χ0) is 17.2. The molecule has 0 atom stereocenters. The molecule has 0 unspecified atom stereocenters. The van der Waals surface area contributed by atoms with Gasteiger partial charge in [0.2, 0.25) is 10.0 Å². The van der Waals surface area contributed by atoms with Gasteiger partial charge >= 0.3 is 0 Å². The minimum Gasteiger partial charge on any atom is -0.506 e. The van der Waals surface area contributed by atoms with Crippen molar-refractivity contribution in [1.29, 1.82) is 0 Å². The Labute approximate surface area is 145 Å². The molecule has 0 aromatic heterocycles. The van der Waals surface area contributed by atoms with E-state index in [1.54, 1.807) is 6.92 Å². The van der Waals surface area contributed by atoms with Gasteiger partial charge in [0.25, 0.3) is 5.91 Å². The van der Waals surface area contributed by atoms with Gasteiger partial charge in [0.1, 0.15) is 5.75 Å². The number of benzene rings is 1. The van der Waals surface area contributed by atoms with Crippen LogP contribution in [0.3, 0.4) is 0 Å². The van der Waals surface area contributed by atoms with E-state index in [0.29, 0.717) is 25.9 Å². The Morgan fingerprint density at radius 1 is 1.35 bits per heavy atom. The lowest BCUT2D eigenvalue weighted by Gasteiger charge is -2.31. The first-order valence-corrected chi connectivity index (χ1v) is 9.57. The first-order chi connectivity index (χ1) is 10.7. The van der Waals surface area contributed by atoms with Crippen LogP contribution in [0.1, 0.15) is 30.1 Å². The van der Waals surface area contributed by atoms with Crippen LogP contribution in [0.2, 0.25) is 10.0 Å². The fourth-order valence-electron chi connectivity index (χ4n) is 2.46. The van der Waals surface area contributed by atoms with Crippen molar-refractivity contribution in [2.24, 2.45) is 0 Å². The number of aromatic hydroxyl groups is 1. The highest BCUT2D eigenvalue weighted by atomic mass is 35.5. The smallest absolute Gasteiger partial charge is 0.255 e. The number of piperidine rings is 1. The lowest BCUT2D eigenvalue weighted by molar-refractivity contribution is 0.0921. The topological polar surface area (TPSA) is 86.7 Å². The number of sulfonamides is 1. The Hall–Kier alpha value is -1.02. The van der Waals surface area contributed by atoms with Crippen LogP contribution in [0.5, 0.6) is 5.75 Å². The van der Waals surface area contributed by atoms with Gasteiger partial charge in [0, 0.05) is 24.2 Å². The summed E-state index contributed by atoms with van der Waals surface area (Å²) in [6.45, 7) is 2.33. The Balaban J connectivity index is 2.01. The van der Waals surface area contributed by atoms with Crippen molar-refractivity contribution in [1.82, 2.24) is 9.62 Å². The van der Waals surface area contributed by atoms with Crippen LogP contribution in [-0.2, 0) is 10.0 Å². The van der Waals surface area contributed by atoms with E-state index in [2.05, 4.69) is 5.32 Å². The second kappa shape index (κ2) is 7.25. The molecule has 2 rings (SSSR count). The van der Waals surface area contributed by atoms with Crippen molar-refractivity contribution in [2.75, 3.05) is 18.8 Å². The summed E-state index contributed by atoms with van der Waals surface area (Å²) in [5.74, 6) is -0.734. The van der Waals surface area contributed by atoms with Crippen molar-refractivity contribution in [2.45, 2.75) is 25.8 Å². The number of carbonyl (C=O) groups is 1. The molecular formula is C14H18Cl2N2O4S. The van der Waals surface area contributed by atoms with E-state index in [4.69, 9.17) is 23.2 Å². The van der Waals surface area contributed by atoms with E-state index in [1.807, 2.05) is 0 Å². The number of phenolic OH excluding ortho intramolecular Hbond substituents is 1. The van der Waals surface area contributed by atoms with Gasteiger partial charge in [-0.2, -0.15) is 0 Å². The van der Waals surface area contributed by atoms with Crippen molar-refractivity contribution in [3.63, 3.8) is 0 Å². The van der Waals surface area contributed by atoms with Gasteiger partial charge < -0.3 is 10.4 Å². The van der Waals surface area contributed by atoms with E-state index in [0.717, 1.165) is 0 Å². The largest absolute Gasteiger partial charge is 0.506 e. The van der Waals surface area contributed by atoms with Crippen LogP contribution < -0.4 is 5.32 Å². The molecule has 1 saturated heterocycles. The molecule has 1 aliphatic rings. The van der Waals surface area contributed by atoms with Gasteiger partial charge in [0.05, 0.1) is 16.3 Å². The molecule has 1 aliphatic heterocycles. The zero-order valence-corrected chi connectivity index (χ0v) is 14.9. The highest BCUT2D eigenvalue weighted by molar-refractivity contribution is 7.89. The van der Waals surface area contributed by atoms with E-state index in [-0.39, 0.29) is 33.2 Å². The van der Waals surface area contributed by atoms with E-state index < -0.39 is 15.9 Å². The van der Waals surface area contributed by atoms with Crippen LogP contribution in [0.25, 0.3) is 0 Å². The first kappa shape index (κ1) is 18.3. The normalized spacial score (nSPS) is 17.2. The maximum Gasteiger partial charge on any atom is 0.255 e. The number of halogens is 2. The van der Waals surface area contributed by atoms with Gasteiger partial charge in [-0.15, -0.1) is 0 Å². The van der Waals surface area contributed by atoms with Crippen LogP contribution in [0.4, 0.5) is 0 Å². The standard InChI is InChI=1S/C14H18Cl2N2O4S/c1-2-23(21,22)18-5-3-10(4-6-18)17-14(20)11-7-9(15)8-12(16)13(11)19/h7-8,10,19H,2-6H2,1H3,(H,17,20). The number of hydrogen-bond donors (Lipinski definition) is 2. The number of nitrogens with zero attached hydrogens (tertiary/aromatic N) is 1. The number of amides is 1. The minimum absolute atomic E-state index is 0.00566. The van der Waals surface area contributed by atoms with Crippen molar-refractivity contribution in [3.8, 4) is 5.75 Å². The van der Waals surface area contributed by atoms with Crippen LogP contribution >= 0.6 is 23.2 Å². The molecule has 0 spiro atoms. The highest BCUT2D eigenvalue weighted by Gasteiger charge is 2.28. The van der Waals surface area contributed by atoms with Crippen molar-refractivity contribution < 1.29 is 18.3 Å². The molecule has 2 N–H and O–H groups in total. The Morgan fingerprint density at radius 2 is 1.96 bits per heavy atom. The third-order valence-corrected chi connectivity index (χ3v) is 6.21. The number of rotatable bonds is 4. The van der Waals surface area contributed by atoms with Crippen LogP contribution in [0, 0.1) is 0 Å². The molecule has 6 nitrogen and oxygen atoms in total. The quantitative estimate of drug-likeness (QED) is 0.838. The maximum atomic E-state index is 12.3. The summed E-state index contributed by atoms with van der Waals surface area (Å²) in [6, 6.07) is 2.53. The van der Waals surface area contributed by atoms with Crippen molar-refractivity contribution in [3.05, 3.63) is 27.7 Å². The summed E-state index contributed by atoms with van der Waals surface area (Å²) < 4.78 is 25.0. The minimum atomic E-state index is -3.20. The Kier molecular flexibility index (Phi) is 5.78. The molecule has 0 aliphatic carbocycles. The summed E-state index contributed by atoms with van der Waals surface area (Å²) in [4.78, 5) is 12.3. The molecule has 1 amide bonds. The number of carbonyl (C=O) groups excluding carboxylic acids is 1. The Morgan fingerprint density at radius 3 is 2.52 bits per heavy atom. The van der Waals surface area contributed by atoms with E-state index in [1.165, 1.54) is 16.4 Å². The number of phenols is 1. The van der Waals surface area contributed by atoms with Gasteiger partial charge in [0.15, 0.2) is 0 Å². The van der Waals surface area contributed by atoms with Gasteiger partial charge in [-0.05, 0) is 31.9 Å². The van der Waals surface area contributed by atoms with Gasteiger partial charge in [-0.3, -0.25) is 4.79 Å². The first-order valence-electron chi connectivity index (χ1n) is 7.21. The van der Waals surface area contributed by atoms with Gasteiger partial charge in [-0.25, -0.2) is 12.7 Å². The second-order valence-corrected chi connectivity index (χ2v) is 8.43. The summed E-state index contributed by atoms with van der Waals surface area (Å²) in [7, 11) is -3.20. The molecule has 0 saturated carbocycles. The van der Waals surface area contributed by atoms with E-state index >= 15 is 0 Å².